The highest BCUT2D eigenvalue weighted by molar-refractivity contribution is 7.80. The summed E-state index contributed by atoms with van der Waals surface area (Å²) in [6.45, 7) is 3.79. The fraction of sp³-hybridized carbons (Fsp3) is 0.712. The second kappa shape index (κ2) is 48.9. The molecule has 1 fully saturated rings. The SMILES string of the molecule is CC/C=C\C/C=C\C/C=C\C/C=C\C/C=C\C/C=C\CCCCCOCC(COC1OC(CO)C(O)C(OS(=O)(=O)O)C1O)OC(=O)CCCCCCCCCCCCC/C=C\C/C=C\CCCCCCC. The summed E-state index contributed by atoms with van der Waals surface area (Å²) in [5.41, 5.74) is 0. The maximum Gasteiger partial charge on any atom is 0.397 e. The van der Waals surface area contributed by atoms with Crippen LogP contribution in [0, 0.1) is 0 Å². The zero-order valence-corrected chi connectivity index (χ0v) is 45.5. The van der Waals surface area contributed by atoms with Crippen molar-refractivity contribution in [2.24, 2.45) is 0 Å². The monoisotopic (exact) mass is 1030 g/mol. The molecule has 6 atom stereocenters. The van der Waals surface area contributed by atoms with E-state index < -0.39 is 59.8 Å². The van der Waals surface area contributed by atoms with Crippen molar-refractivity contribution in [1.29, 1.82) is 0 Å². The first-order valence-corrected chi connectivity index (χ1v) is 29.4. The van der Waals surface area contributed by atoms with Gasteiger partial charge in [-0.3, -0.25) is 9.35 Å². The molecule has 1 aliphatic heterocycles. The van der Waals surface area contributed by atoms with Gasteiger partial charge in [0.05, 0.1) is 19.8 Å². The molecule has 13 heteroatoms. The Labute approximate surface area is 437 Å². The van der Waals surface area contributed by atoms with Crippen molar-refractivity contribution in [3.05, 3.63) is 97.2 Å². The Morgan fingerprint density at radius 2 is 0.958 bits per heavy atom. The number of rotatable bonds is 48. The molecule has 72 heavy (non-hydrogen) atoms. The molecule has 0 radical (unpaired) electrons. The molecule has 0 aromatic carbocycles. The lowest BCUT2D eigenvalue weighted by molar-refractivity contribution is -0.301. The Morgan fingerprint density at radius 1 is 0.542 bits per heavy atom. The van der Waals surface area contributed by atoms with Gasteiger partial charge in [0.25, 0.3) is 0 Å². The smallest absolute Gasteiger partial charge is 0.397 e. The molecule has 0 aromatic heterocycles. The van der Waals surface area contributed by atoms with Crippen molar-refractivity contribution in [3.63, 3.8) is 0 Å². The van der Waals surface area contributed by atoms with Crippen LogP contribution in [0.4, 0.5) is 0 Å². The van der Waals surface area contributed by atoms with Crippen LogP contribution in [0.2, 0.25) is 0 Å². The van der Waals surface area contributed by atoms with E-state index in [2.05, 4.69) is 115 Å². The maximum absolute atomic E-state index is 13.0. The topological polar surface area (TPSA) is 178 Å². The second-order valence-electron chi connectivity index (χ2n) is 18.8. The Morgan fingerprint density at radius 3 is 1.40 bits per heavy atom. The van der Waals surface area contributed by atoms with E-state index in [1.54, 1.807) is 0 Å². The van der Waals surface area contributed by atoms with Crippen LogP contribution in [0.3, 0.4) is 0 Å². The highest BCUT2D eigenvalue weighted by atomic mass is 32.3. The summed E-state index contributed by atoms with van der Waals surface area (Å²) in [5.74, 6) is -0.416. The lowest BCUT2D eigenvalue weighted by atomic mass is 9.99. The summed E-state index contributed by atoms with van der Waals surface area (Å²) in [6.07, 6.45) is 58.7. The van der Waals surface area contributed by atoms with Crippen LogP contribution in [-0.2, 0) is 38.3 Å². The highest BCUT2D eigenvalue weighted by Gasteiger charge is 2.48. The van der Waals surface area contributed by atoms with E-state index in [0.29, 0.717) is 13.0 Å². The van der Waals surface area contributed by atoms with Crippen LogP contribution >= 0.6 is 0 Å². The highest BCUT2D eigenvalue weighted by Crippen LogP contribution is 2.26. The van der Waals surface area contributed by atoms with Gasteiger partial charge in [0.15, 0.2) is 6.29 Å². The molecule has 12 nitrogen and oxygen atoms in total. The average molecular weight is 1030 g/mol. The molecule has 0 saturated carbocycles. The summed E-state index contributed by atoms with van der Waals surface area (Å²) in [6, 6.07) is 0. The normalized spacial score (nSPS) is 19.7. The van der Waals surface area contributed by atoms with Crippen molar-refractivity contribution in [3.8, 4) is 0 Å². The summed E-state index contributed by atoms with van der Waals surface area (Å²) in [4.78, 5) is 13.0. The zero-order chi connectivity index (χ0) is 52.4. The van der Waals surface area contributed by atoms with Crippen molar-refractivity contribution in [1.82, 2.24) is 0 Å². The van der Waals surface area contributed by atoms with Crippen molar-refractivity contribution in [2.45, 2.75) is 243 Å². The number of carbonyl (C=O) groups excluding carboxylic acids is 1. The van der Waals surface area contributed by atoms with E-state index in [0.717, 1.165) is 89.9 Å². The van der Waals surface area contributed by atoms with Crippen molar-refractivity contribution in [2.75, 3.05) is 26.4 Å². The molecule has 6 unspecified atom stereocenters. The maximum atomic E-state index is 13.0. The summed E-state index contributed by atoms with van der Waals surface area (Å²) >= 11 is 0. The van der Waals surface area contributed by atoms with Gasteiger partial charge in [-0.2, -0.15) is 8.42 Å². The number of hydrogen-bond donors (Lipinski definition) is 4. The van der Waals surface area contributed by atoms with Gasteiger partial charge in [-0.05, 0) is 96.3 Å². The molecule has 0 bridgehead atoms. The first kappa shape index (κ1) is 67.0. The molecular formula is C59H100O12S. The van der Waals surface area contributed by atoms with Gasteiger partial charge in [0.2, 0.25) is 0 Å². The van der Waals surface area contributed by atoms with E-state index >= 15 is 0 Å². The minimum Gasteiger partial charge on any atom is -0.457 e. The van der Waals surface area contributed by atoms with Crippen LogP contribution in [-0.4, -0.2) is 97.5 Å². The molecule has 0 amide bonds. The number of hydrogen-bond acceptors (Lipinski definition) is 11. The summed E-state index contributed by atoms with van der Waals surface area (Å²) in [7, 11) is -5.08. The number of unbranched alkanes of at least 4 members (excludes halogenated alkanes) is 19. The van der Waals surface area contributed by atoms with E-state index in [9.17, 15) is 33.1 Å². The predicted molar refractivity (Wildman–Crippen MR) is 294 cm³/mol. The molecule has 1 aliphatic rings. The molecule has 1 heterocycles. The number of aliphatic hydroxyl groups is 3. The van der Waals surface area contributed by atoms with Crippen LogP contribution in [0.1, 0.15) is 206 Å². The minimum atomic E-state index is -5.08. The number of carbonyl (C=O) groups is 1. The van der Waals surface area contributed by atoms with Gasteiger partial charge in [0, 0.05) is 13.0 Å². The Kier molecular flexibility index (Phi) is 45.6. The average Bonchev–Trinajstić information content (AvgIpc) is 3.36. The van der Waals surface area contributed by atoms with Crippen LogP contribution in [0.15, 0.2) is 97.2 Å². The quantitative estimate of drug-likeness (QED) is 0.0196. The third-order valence-corrected chi connectivity index (χ3v) is 12.7. The van der Waals surface area contributed by atoms with Crippen LogP contribution < -0.4 is 0 Å². The van der Waals surface area contributed by atoms with Gasteiger partial charge in [-0.15, -0.1) is 0 Å². The van der Waals surface area contributed by atoms with E-state index in [1.165, 1.54) is 89.9 Å². The molecule has 1 saturated heterocycles. The van der Waals surface area contributed by atoms with E-state index in [-0.39, 0.29) is 19.6 Å². The first-order chi connectivity index (χ1) is 35.1. The van der Waals surface area contributed by atoms with Gasteiger partial charge in [0.1, 0.15) is 30.5 Å². The van der Waals surface area contributed by atoms with Gasteiger partial charge < -0.3 is 34.3 Å². The molecule has 0 aliphatic carbocycles. The van der Waals surface area contributed by atoms with Gasteiger partial charge in [-0.1, -0.05) is 201 Å². The summed E-state index contributed by atoms with van der Waals surface area (Å²) in [5, 5.41) is 30.8. The number of allylic oxidation sites excluding steroid dienone is 16. The van der Waals surface area contributed by atoms with Crippen molar-refractivity contribution < 1.29 is 56.2 Å². The molecule has 414 valence electrons. The number of ether oxygens (including phenoxy) is 4. The fourth-order valence-electron chi connectivity index (χ4n) is 8.00. The van der Waals surface area contributed by atoms with Crippen molar-refractivity contribution >= 4 is 16.4 Å². The minimum absolute atomic E-state index is 0.00692. The molecule has 0 aromatic rings. The van der Waals surface area contributed by atoms with E-state index in [4.69, 9.17) is 18.9 Å². The van der Waals surface area contributed by atoms with Gasteiger partial charge in [-0.25, -0.2) is 4.18 Å². The fourth-order valence-corrected chi connectivity index (χ4v) is 8.51. The molecule has 1 rings (SSSR count). The van der Waals surface area contributed by atoms with Crippen LogP contribution in [0.5, 0.6) is 0 Å². The Balaban J connectivity index is 2.36. The molecule has 4 N–H and O–H groups in total. The number of aliphatic hydroxyl groups excluding tert-OH is 3. The van der Waals surface area contributed by atoms with Crippen LogP contribution in [0.25, 0.3) is 0 Å². The van der Waals surface area contributed by atoms with Gasteiger partial charge >= 0.3 is 16.4 Å². The second-order valence-corrected chi connectivity index (χ2v) is 19.8. The predicted octanol–water partition coefficient (Wildman–Crippen LogP) is 13.8. The molecule has 0 spiro atoms. The summed E-state index contributed by atoms with van der Waals surface area (Å²) < 4.78 is 59.3. The number of esters is 1. The third-order valence-electron chi connectivity index (χ3n) is 12.2. The standard InChI is InChI=1S/C59H100O12S/c1-3-5-7-9-11-13-15-17-19-21-23-25-27-28-30-32-34-36-38-40-42-44-46-48-55(61)69-53(52-68-59-57(63)58(71-72(64,65)66)56(62)54(50-60)70-59)51-67-49-47-45-43-41-39-37-35-33-31-29-26-24-22-20-18-16-14-12-10-8-6-4-2/h6,8,12,14-15,17-18,20-21,23-24,26,31,33,37,39,53-54,56-60,62-63H,3-5,7,9-11,13,16,19,22,25,27-30,32,34-36,38,40-52H2,1-2H3,(H,64,65,66)/b8-6-,14-12-,17-15-,20-18-,23-21-,26-24-,33-31-,39-37-. The Hall–Kier alpha value is -2.98. The largest absolute Gasteiger partial charge is 0.457 e. The lowest BCUT2D eigenvalue weighted by Crippen LogP contribution is -2.60. The third kappa shape index (κ3) is 41.4. The first-order valence-electron chi connectivity index (χ1n) is 28.0. The lowest BCUT2D eigenvalue weighted by Gasteiger charge is -2.41. The Bertz CT molecular complexity index is 1620. The zero-order valence-electron chi connectivity index (χ0n) is 44.7. The van der Waals surface area contributed by atoms with E-state index in [1.807, 2.05) is 0 Å². The molecular weight excluding hydrogens is 933 g/mol.